The molecule has 0 aromatic rings. The second kappa shape index (κ2) is 11.9. The van der Waals surface area contributed by atoms with Gasteiger partial charge in [-0.25, -0.2) is 0 Å². The molecule has 1 heterocycles. The minimum Gasteiger partial charge on any atom is -0.354 e. The van der Waals surface area contributed by atoms with Crippen molar-refractivity contribution in [2.45, 2.75) is 46.5 Å². The molecule has 0 saturated carbocycles. The maximum atomic E-state index is 11.8. The lowest BCUT2D eigenvalue weighted by Gasteiger charge is -2.13. The summed E-state index contributed by atoms with van der Waals surface area (Å²) in [5, 5.41) is 7.32. The molecule has 10 nitrogen and oxygen atoms in total. The van der Waals surface area contributed by atoms with E-state index < -0.39 is 11.8 Å². The summed E-state index contributed by atoms with van der Waals surface area (Å²) < 4.78 is 0. The molecule has 5 amide bonds. The van der Waals surface area contributed by atoms with Gasteiger partial charge < -0.3 is 16.0 Å². The van der Waals surface area contributed by atoms with Gasteiger partial charge in [0.15, 0.2) is 0 Å². The number of carbonyl (C=O) groups excluding carboxylic acids is 6. The van der Waals surface area contributed by atoms with E-state index in [0.29, 0.717) is 6.42 Å². The summed E-state index contributed by atoms with van der Waals surface area (Å²) in [6, 6.07) is 0. The van der Waals surface area contributed by atoms with Crippen LogP contribution in [0.5, 0.6) is 0 Å². The molecule has 0 aliphatic carbocycles. The average molecular weight is 410 g/mol. The second-order valence-electron chi connectivity index (χ2n) is 7.37. The van der Waals surface area contributed by atoms with E-state index in [1.165, 1.54) is 0 Å². The van der Waals surface area contributed by atoms with Gasteiger partial charge in [0.25, 0.3) is 0 Å². The third kappa shape index (κ3) is 8.84. The van der Waals surface area contributed by atoms with E-state index in [2.05, 4.69) is 16.0 Å². The van der Waals surface area contributed by atoms with Crippen LogP contribution in [0.2, 0.25) is 0 Å². The van der Waals surface area contributed by atoms with Gasteiger partial charge in [0.05, 0.1) is 13.1 Å². The maximum Gasteiger partial charge on any atom is 0.239 e. The summed E-state index contributed by atoms with van der Waals surface area (Å²) in [7, 11) is 0. The van der Waals surface area contributed by atoms with Crippen LogP contribution in [0.4, 0.5) is 0 Å². The number of hydrogen-bond donors (Lipinski definition) is 3. The van der Waals surface area contributed by atoms with Crippen molar-refractivity contribution in [3.63, 3.8) is 0 Å². The number of ketones is 1. The molecule has 162 valence electrons. The van der Waals surface area contributed by atoms with Crippen molar-refractivity contribution in [3.05, 3.63) is 0 Å². The fourth-order valence-electron chi connectivity index (χ4n) is 2.67. The van der Waals surface area contributed by atoms with Gasteiger partial charge in [-0.2, -0.15) is 0 Å². The Balaban J connectivity index is 2.12. The first-order valence-electron chi connectivity index (χ1n) is 9.78. The summed E-state index contributed by atoms with van der Waals surface area (Å²) in [5.41, 5.74) is 0. The van der Waals surface area contributed by atoms with Gasteiger partial charge in [0.1, 0.15) is 5.78 Å². The highest BCUT2D eigenvalue weighted by Gasteiger charge is 2.34. The van der Waals surface area contributed by atoms with Gasteiger partial charge in [0.2, 0.25) is 29.5 Å². The predicted octanol–water partition coefficient (Wildman–Crippen LogP) is -0.875. The number of imide groups is 1. The fourth-order valence-corrected chi connectivity index (χ4v) is 2.67. The average Bonchev–Trinajstić information content (AvgIpc) is 2.90. The highest BCUT2D eigenvalue weighted by atomic mass is 16.2. The zero-order valence-electron chi connectivity index (χ0n) is 17.2. The van der Waals surface area contributed by atoms with Gasteiger partial charge in [-0.05, 0) is 6.42 Å². The molecular formula is C19H30N4O6. The number of rotatable bonds is 12. The topological polar surface area (TPSA) is 142 Å². The molecule has 0 spiro atoms. The number of amides is 5. The fraction of sp³-hybridized carbons (Fsp3) is 0.684. The molecule has 10 heteroatoms. The van der Waals surface area contributed by atoms with E-state index in [1.54, 1.807) is 20.8 Å². The number of nitrogens with one attached hydrogen (secondary N) is 3. The van der Waals surface area contributed by atoms with Gasteiger partial charge in [-0.1, -0.05) is 20.8 Å². The molecule has 29 heavy (non-hydrogen) atoms. The molecule has 0 bridgehead atoms. The summed E-state index contributed by atoms with van der Waals surface area (Å²) in [5.74, 6) is -2.13. The SMILES string of the molecule is CC(C)C(=O)CCNC(=O)CNC(=O)CNC(=O)CCCN1C(=O)CC(C)C1=O. The van der Waals surface area contributed by atoms with Crippen molar-refractivity contribution in [2.75, 3.05) is 26.2 Å². The van der Waals surface area contributed by atoms with Crippen LogP contribution in [0.3, 0.4) is 0 Å². The Bertz CT molecular complexity index is 661. The van der Waals surface area contributed by atoms with Crippen molar-refractivity contribution in [1.29, 1.82) is 0 Å². The molecule has 1 aliphatic rings. The van der Waals surface area contributed by atoms with Crippen molar-refractivity contribution >= 4 is 35.3 Å². The number of likely N-dealkylation sites (tertiary alicyclic amines) is 1. The molecule has 0 aromatic carbocycles. The Labute approximate surface area is 170 Å². The molecule has 1 saturated heterocycles. The van der Waals surface area contributed by atoms with Crippen LogP contribution in [0.15, 0.2) is 0 Å². The van der Waals surface area contributed by atoms with Crippen molar-refractivity contribution < 1.29 is 28.8 Å². The van der Waals surface area contributed by atoms with Crippen LogP contribution in [-0.4, -0.2) is 66.4 Å². The largest absolute Gasteiger partial charge is 0.354 e. The number of carbonyl (C=O) groups is 6. The van der Waals surface area contributed by atoms with Crippen molar-refractivity contribution in [3.8, 4) is 0 Å². The minimum atomic E-state index is -0.523. The zero-order valence-corrected chi connectivity index (χ0v) is 17.2. The van der Waals surface area contributed by atoms with Crippen LogP contribution < -0.4 is 16.0 Å². The third-order valence-electron chi connectivity index (χ3n) is 4.48. The van der Waals surface area contributed by atoms with Gasteiger partial charge in [0, 0.05) is 44.2 Å². The Morgan fingerprint density at radius 3 is 2.10 bits per heavy atom. The van der Waals surface area contributed by atoms with E-state index in [-0.39, 0.29) is 80.8 Å². The van der Waals surface area contributed by atoms with E-state index in [4.69, 9.17) is 0 Å². The molecule has 1 aliphatic heterocycles. The highest BCUT2D eigenvalue weighted by molar-refractivity contribution is 6.03. The maximum absolute atomic E-state index is 11.8. The molecule has 1 atom stereocenters. The highest BCUT2D eigenvalue weighted by Crippen LogP contribution is 2.18. The Hall–Kier alpha value is -2.78. The van der Waals surface area contributed by atoms with E-state index in [9.17, 15) is 28.8 Å². The predicted molar refractivity (Wildman–Crippen MR) is 103 cm³/mol. The summed E-state index contributed by atoms with van der Waals surface area (Å²) in [6.45, 7) is 5.12. The Kier molecular flexibility index (Phi) is 9.98. The van der Waals surface area contributed by atoms with Crippen molar-refractivity contribution in [1.82, 2.24) is 20.9 Å². The van der Waals surface area contributed by atoms with E-state index in [0.717, 1.165) is 4.90 Å². The van der Waals surface area contributed by atoms with E-state index >= 15 is 0 Å². The van der Waals surface area contributed by atoms with Gasteiger partial charge in [-0.3, -0.25) is 33.7 Å². The Morgan fingerprint density at radius 2 is 1.55 bits per heavy atom. The lowest BCUT2D eigenvalue weighted by molar-refractivity contribution is -0.139. The summed E-state index contributed by atoms with van der Waals surface area (Å²) in [6.07, 6.45) is 0.825. The lowest BCUT2D eigenvalue weighted by atomic mass is 10.1. The van der Waals surface area contributed by atoms with Gasteiger partial charge in [-0.15, -0.1) is 0 Å². The first-order valence-corrected chi connectivity index (χ1v) is 9.78. The van der Waals surface area contributed by atoms with Crippen LogP contribution in [0.25, 0.3) is 0 Å². The smallest absolute Gasteiger partial charge is 0.239 e. The third-order valence-corrected chi connectivity index (χ3v) is 4.48. The number of Topliss-reactive ketones (excluding diaryl/α,β-unsaturated/α-hetero) is 1. The molecule has 0 radical (unpaired) electrons. The molecule has 1 unspecified atom stereocenters. The van der Waals surface area contributed by atoms with Crippen LogP contribution in [0, 0.1) is 11.8 Å². The monoisotopic (exact) mass is 410 g/mol. The number of nitrogens with zero attached hydrogens (tertiary/aromatic N) is 1. The quantitative estimate of drug-likeness (QED) is 0.357. The minimum absolute atomic E-state index is 0.0463. The first-order chi connectivity index (χ1) is 13.6. The van der Waals surface area contributed by atoms with Crippen molar-refractivity contribution in [2.24, 2.45) is 11.8 Å². The van der Waals surface area contributed by atoms with Crippen LogP contribution in [0.1, 0.15) is 46.5 Å². The summed E-state index contributed by atoms with van der Waals surface area (Å²) >= 11 is 0. The Morgan fingerprint density at radius 1 is 0.966 bits per heavy atom. The number of hydrogen-bond acceptors (Lipinski definition) is 6. The van der Waals surface area contributed by atoms with E-state index in [1.807, 2.05) is 0 Å². The van der Waals surface area contributed by atoms with Gasteiger partial charge >= 0.3 is 0 Å². The lowest BCUT2D eigenvalue weighted by Crippen LogP contribution is -2.42. The molecule has 1 fully saturated rings. The van der Waals surface area contributed by atoms with Crippen LogP contribution >= 0.6 is 0 Å². The zero-order chi connectivity index (χ0) is 22.0. The second-order valence-corrected chi connectivity index (χ2v) is 7.37. The standard InChI is InChI=1S/C19H30N4O6/c1-12(2)14(24)6-7-20-16(26)10-22-17(27)11-21-15(25)5-4-8-23-18(28)9-13(3)19(23)29/h12-13H,4-11H2,1-3H3,(H,20,26)(H,21,25)(H,22,27). The normalized spacial score (nSPS) is 16.1. The molecule has 1 rings (SSSR count). The summed E-state index contributed by atoms with van der Waals surface area (Å²) in [4.78, 5) is 71.0. The molecule has 0 aromatic heterocycles. The molecule has 3 N–H and O–H groups in total. The van der Waals surface area contributed by atoms with Crippen LogP contribution in [-0.2, 0) is 28.8 Å². The first kappa shape index (κ1) is 24.3. The molecular weight excluding hydrogens is 380 g/mol.